The third kappa shape index (κ3) is 1.01. The Kier molecular flexibility index (Phi) is 1.39. The summed E-state index contributed by atoms with van der Waals surface area (Å²) >= 11 is 5.83. The van der Waals surface area contributed by atoms with Crippen LogP contribution in [0.15, 0.2) is 24.8 Å². The fraction of sp³-hybridized carbons (Fsp3) is 0. The number of fused-ring (bicyclic) bond motifs is 1. The molecule has 0 aromatic carbocycles. The average Bonchev–Trinajstić information content (AvgIpc) is 2.34. The van der Waals surface area contributed by atoms with Crippen LogP contribution in [0.1, 0.15) is 0 Å². The lowest BCUT2D eigenvalue weighted by atomic mass is 9.96. The molecule has 2 aromatic rings. The molecule has 2 nitrogen and oxygen atoms in total. The standard InChI is InChI=1S/C7H6BClN2/c8-6-1-5(9)3-11-4-10-2-7(6)11/h1-4H,8H2. The predicted molar refractivity (Wildman–Crippen MR) is 48.4 cm³/mol. The van der Waals surface area contributed by atoms with Crippen molar-refractivity contribution >= 4 is 30.4 Å². The molecule has 0 unspecified atom stereocenters. The number of hydrogen-bond donors (Lipinski definition) is 0. The normalized spacial score (nSPS) is 10.6. The second-order valence-corrected chi connectivity index (χ2v) is 2.96. The van der Waals surface area contributed by atoms with Gasteiger partial charge in [-0.1, -0.05) is 17.1 Å². The molecule has 0 N–H and O–H groups in total. The van der Waals surface area contributed by atoms with Crippen molar-refractivity contribution in [2.45, 2.75) is 0 Å². The topological polar surface area (TPSA) is 17.3 Å². The molecular weight excluding hydrogens is 158 g/mol. The van der Waals surface area contributed by atoms with Crippen molar-refractivity contribution in [3.63, 3.8) is 0 Å². The molecule has 11 heavy (non-hydrogen) atoms. The van der Waals surface area contributed by atoms with Gasteiger partial charge in [-0.3, -0.25) is 0 Å². The summed E-state index contributed by atoms with van der Waals surface area (Å²) in [6.45, 7) is 0. The molecule has 0 radical (unpaired) electrons. The summed E-state index contributed by atoms with van der Waals surface area (Å²) in [6.07, 6.45) is 5.41. The van der Waals surface area contributed by atoms with Crippen LogP contribution in [0.3, 0.4) is 0 Å². The van der Waals surface area contributed by atoms with Gasteiger partial charge in [0.05, 0.1) is 23.1 Å². The van der Waals surface area contributed by atoms with Crippen LogP contribution in [0.4, 0.5) is 0 Å². The molecule has 2 rings (SSSR count). The number of hydrogen-bond acceptors (Lipinski definition) is 1. The van der Waals surface area contributed by atoms with Gasteiger partial charge in [0.15, 0.2) is 0 Å². The maximum atomic E-state index is 5.83. The van der Waals surface area contributed by atoms with Crippen LogP contribution in [-0.4, -0.2) is 17.2 Å². The van der Waals surface area contributed by atoms with Gasteiger partial charge in [0.1, 0.15) is 7.85 Å². The van der Waals surface area contributed by atoms with Crippen LogP contribution in [-0.2, 0) is 0 Å². The molecule has 4 heteroatoms. The second-order valence-electron chi connectivity index (χ2n) is 2.53. The monoisotopic (exact) mass is 164 g/mol. The minimum Gasteiger partial charge on any atom is -0.305 e. The largest absolute Gasteiger partial charge is 0.305 e. The zero-order valence-electron chi connectivity index (χ0n) is 6.08. The van der Waals surface area contributed by atoms with E-state index in [1.807, 2.05) is 30.7 Å². The zero-order valence-corrected chi connectivity index (χ0v) is 6.84. The van der Waals surface area contributed by atoms with Crippen LogP contribution in [0, 0.1) is 0 Å². The lowest BCUT2D eigenvalue weighted by Crippen LogP contribution is -2.05. The van der Waals surface area contributed by atoms with Crippen molar-refractivity contribution in [2.24, 2.45) is 0 Å². The van der Waals surface area contributed by atoms with E-state index in [2.05, 4.69) is 4.98 Å². The van der Waals surface area contributed by atoms with E-state index in [9.17, 15) is 0 Å². The highest BCUT2D eigenvalue weighted by atomic mass is 35.5. The van der Waals surface area contributed by atoms with Crippen LogP contribution in [0.5, 0.6) is 0 Å². The molecule has 0 saturated carbocycles. The molecule has 0 aliphatic carbocycles. The molecule has 0 saturated heterocycles. The minimum atomic E-state index is 0.744. The fourth-order valence-electron chi connectivity index (χ4n) is 1.16. The first-order valence-electron chi connectivity index (χ1n) is 3.35. The Morgan fingerprint density at radius 2 is 2.36 bits per heavy atom. The van der Waals surface area contributed by atoms with E-state index < -0.39 is 0 Å². The SMILES string of the molecule is Bc1cc(Cl)cn2cncc12. The summed E-state index contributed by atoms with van der Waals surface area (Å²) < 4.78 is 1.91. The zero-order chi connectivity index (χ0) is 7.84. The first kappa shape index (κ1) is 6.74. The summed E-state index contributed by atoms with van der Waals surface area (Å²) in [7, 11) is 2.02. The van der Waals surface area contributed by atoms with Gasteiger partial charge >= 0.3 is 0 Å². The van der Waals surface area contributed by atoms with E-state index in [1.165, 1.54) is 0 Å². The average molecular weight is 164 g/mol. The summed E-state index contributed by atoms with van der Waals surface area (Å²) in [5, 5.41) is 0.744. The van der Waals surface area contributed by atoms with E-state index >= 15 is 0 Å². The van der Waals surface area contributed by atoms with Crippen molar-refractivity contribution in [2.75, 3.05) is 0 Å². The first-order chi connectivity index (χ1) is 5.27. The Bertz CT molecular complexity index is 396. The van der Waals surface area contributed by atoms with Crippen molar-refractivity contribution in [3.05, 3.63) is 29.8 Å². The molecule has 0 amide bonds. The van der Waals surface area contributed by atoms with E-state index in [4.69, 9.17) is 11.6 Å². The number of pyridine rings is 1. The quantitative estimate of drug-likeness (QED) is 0.510. The second kappa shape index (κ2) is 2.27. The van der Waals surface area contributed by atoms with Gasteiger partial charge in [0.2, 0.25) is 0 Å². The molecule has 2 aromatic heterocycles. The first-order valence-corrected chi connectivity index (χ1v) is 3.73. The molecule has 2 heterocycles. The molecule has 0 aliphatic rings. The summed E-state index contributed by atoms with van der Waals surface area (Å²) in [5.74, 6) is 0. The lowest BCUT2D eigenvalue weighted by Gasteiger charge is -1.98. The molecule has 0 fully saturated rings. The summed E-state index contributed by atoms with van der Waals surface area (Å²) in [6, 6.07) is 1.93. The highest BCUT2D eigenvalue weighted by Gasteiger charge is 1.97. The number of aromatic nitrogens is 2. The predicted octanol–water partition coefficient (Wildman–Crippen LogP) is 0.246. The molecule has 0 atom stereocenters. The van der Waals surface area contributed by atoms with Gasteiger partial charge in [-0.2, -0.15) is 0 Å². The molecular formula is C7H6BClN2. The minimum absolute atomic E-state index is 0.744. The molecule has 0 aliphatic heterocycles. The summed E-state index contributed by atoms with van der Waals surface area (Å²) in [4.78, 5) is 4.01. The molecule has 0 bridgehead atoms. The van der Waals surface area contributed by atoms with Crippen LogP contribution in [0.2, 0.25) is 5.02 Å². The highest BCUT2D eigenvalue weighted by Crippen LogP contribution is 2.07. The molecule has 0 spiro atoms. The van der Waals surface area contributed by atoms with Crippen molar-refractivity contribution in [1.82, 2.24) is 9.38 Å². The number of halogens is 1. The maximum Gasteiger partial charge on any atom is 0.142 e. The van der Waals surface area contributed by atoms with Gasteiger partial charge in [0, 0.05) is 6.20 Å². The van der Waals surface area contributed by atoms with Crippen LogP contribution in [0.25, 0.3) is 5.52 Å². The smallest absolute Gasteiger partial charge is 0.142 e. The van der Waals surface area contributed by atoms with Crippen molar-refractivity contribution in [3.8, 4) is 0 Å². The summed E-state index contributed by atoms with van der Waals surface area (Å²) in [5.41, 5.74) is 2.25. The number of rotatable bonds is 0. The Morgan fingerprint density at radius 1 is 1.55 bits per heavy atom. The Labute approximate surface area is 70.2 Å². The lowest BCUT2D eigenvalue weighted by molar-refractivity contribution is 1.16. The van der Waals surface area contributed by atoms with Gasteiger partial charge in [-0.25, -0.2) is 4.98 Å². The molecule has 54 valence electrons. The van der Waals surface area contributed by atoms with Gasteiger partial charge in [-0.05, 0) is 6.07 Å². The van der Waals surface area contributed by atoms with Crippen LogP contribution < -0.4 is 5.46 Å². The number of imidazole rings is 1. The van der Waals surface area contributed by atoms with Crippen molar-refractivity contribution < 1.29 is 0 Å². The van der Waals surface area contributed by atoms with Crippen molar-refractivity contribution in [1.29, 1.82) is 0 Å². The highest BCUT2D eigenvalue weighted by molar-refractivity contribution is 6.39. The third-order valence-corrected chi connectivity index (χ3v) is 1.89. The fourth-order valence-corrected chi connectivity index (χ4v) is 1.43. The van der Waals surface area contributed by atoms with Gasteiger partial charge < -0.3 is 4.40 Å². The van der Waals surface area contributed by atoms with E-state index in [0.717, 1.165) is 16.0 Å². The Balaban J connectivity index is 2.91. The van der Waals surface area contributed by atoms with E-state index in [0.29, 0.717) is 0 Å². The van der Waals surface area contributed by atoms with Crippen LogP contribution >= 0.6 is 11.6 Å². The van der Waals surface area contributed by atoms with E-state index in [-0.39, 0.29) is 0 Å². The maximum absolute atomic E-state index is 5.83. The van der Waals surface area contributed by atoms with Gasteiger partial charge in [0.25, 0.3) is 0 Å². The van der Waals surface area contributed by atoms with Gasteiger partial charge in [-0.15, -0.1) is 0 Å². The Hall–Kier alpha value is -0.955. The number of nitrogens with zero attached hydrogens (tertiary/aromatic N) is 2. The van der Waals surface area contributed by atoms with E-state index in [1.54, 1.807) is 6.33 Å². The Morgan fingerprint density at radius 3 is 3.18 bits per heavy atom. The third-order valence-electron chi connectivity index (χ3n) is 1.69.